The quantitative estimate of drug-likeness (QED) is 0.733. The van der Waals surface area contributed by atoms with Crippen LogP contribution in [0.2, 0.25) is 0 Å². The van der Waals surface area contributed by atoms with Crippen LogP contribution in [0.1, 0.15) is 25.1 Å². The summed E-state index contributed by atoms with van der Waals surface area (Å²) in [6, 6.07) is 6.03. The molecule has 0 fully saturated rings. The SMILES string of the molecule is CCC(N)c1cc2ncccc2[nH]1. The first kappa shape index (κ1) is 8.26. The largest absolute Gasteiger partial charge is 0.356 e. The van der Waals surface area contributed by atoms with Gasteiger partial charge in [0.25, 0.3) is 0 Å². The lowest BCUT2D eigenvalue weighted by atomic mass is 10.2. The Morgan fingerprint density at radius 1 is 1.62 bits per heavy atom. The van der Waals surface area contributed by atoms with Gasteiger partial charge < -0.3 is 10.7 Å². The molecule has 2 rings (SSSR count). The monoisotopic (exact) mass is 175 g/mol. The standard InChI is InChI=1S/C10H13N3/c1-2-7(11)9-6-10-8(13-9)4-3-5-12-10/h3-7,13H,2,11H2,1H3. The molecule has 3 N–H and O–H groups in total. The van der Waals surface area contributed by atoms with Gasteiger partial charge in [0.2, 0.25) is 0 Å². The second-order valence-corrected chi connectivity index (χ2v) is 3.18. The van der Waals surface area contributed by atoms with Crippen molar-refractivity contribution in [2.75, 3.05) is 0 Å². The second kappa shape index (κ2) is 3.18. The average molecular weight is 175 g/mol. The number of rotatable bonds is 2. The predicted molar refractivity (Wildman–Crippen MR) is 53.3 cm³/mol. The van der Waals surface area contributed by atoms with Crippen LogP contribution < -0.4 is 5.73 Å². The zero-order valence-electron chi connectivity index (χ0n) is 7.62. The number of fused-ring (bicyclic) bond motifs is 1. The van der Waals surface area contributed by atoms with E-state index in [4.69, 9.17) is 5.73 Å². The zero-order chi connectivity index (χ0) is 9.26. The Bertz CT molecular complexity index is 372. The van der Waals surface area contributed by atoms with Crippen molar-refractivity contribution in [1.29, 1.82) is 0 Å². The maximum Gasteiger partial charge on any atom is 0.0882 e. The van der Waals surface area contributed by atoms with E-state index < -0.39 is 0 Å². The molecule has 0 aliphatic carbocycles. The van der Waals surface area contributed by atoms with Crippen molar-refractivity contribution in [3.63, 3.8) is 0 Å². The minimum atomic E-state index is 0.0919. The molecule has 0 bridgehead atoms. The van der Waals surface area contributed by atoms with E-state index >= 15 is 0 Å². The Morgan fingerprint density at radius 3 is 3.15 bits per heavy atom. The van der Waals surface area contributed by atoms with Gasteiger partial charge in [0.1, 0.15) is 0 Å². The molecular weight excluding hydrogens is 162 g/mol. The molecule has 0 aliphatic heterocycles. The Morgan fingerprint density at radius 2 is 2.46 bits per heavy atom. The third kappa shape index (κ3) is 1.42. The van der Waals surface area contributed by atoms with Gasteiger partial charge in [0, 0.05) is 17.9 Å². The van der Waals surface area contributed by atoms with Crippen LogP contribution >= 0.6 is 0 Å². The predicted octanol–water partition coefficient (Wildman–Crippen LogP) is 1.97. The van der Waals surface area contributed by atoms with Crippen molar-refractivity contribution in [2.24, 2.45) is 5.73 Å². The third-order valence-electron chi connectivity index (χ3n) is 2.25. The summed E-state index contributed by atoms with van der Waals surface area (Å²) in [6.45, 7) is 2.07. The van der Waals surface area contributed by atoms with Gasteiger partial charge in [-0.3, -0.25) is 4.98 Å². The number of aromatic nitrogens is 2. The van der Waals surface area contributed by atoms with Gasteiger partial charge in [0.15, 0.2) is 0 Å². The van der Waals surface area contributed by atoms with Crippen LogP contribution in [-0.2, 0) is 0 Å². The molecule has 3 heteroatoms. The van der Waals surface area contributed by atoms with E-state index in [1.165, 1.54) is 0 Å². The van der Waals surface area contributed by atoms with Crippen LogP contribution in [0.25, 0.3) is 11.0 Å². The number of nitrogens with zero attached hydrogens (tertiary/aromatic N) is 1. The van der Waals surface area contributed by atoms with Crippen LogP contribution in [-0.4, -0.2) is 9.97 Å². The molecule has 68 valence electrons. The smallest absolute Gasteiger partial charge is 0.0882 e. The lowest BCUT2D eigenvalue weighted by molar-refractivity contribution is 0.682. The molecule has 13 heavy (non-hydrogen) atoms. The normalized spacial score (nSPS) is 13.4. The van der Waals surface area contributed by atoms with E-state index in [0.717, 1.165) is 23.1 Å². The molecule has 2 aromatic rings. The Balaban J connectivity index is 2.49. The maximum atomic E-state index is 5.90. The summed E-state index contributed by atoms with van der Waals surface area (Å²) in [4.78, 5) is 7.49. The molecule has 2 aromatic heterocycles. The van der Waals surface area contributed by atoms with Gasteiger partial charge in [-0.1, -0.05) is 6.92 Å². The topological polar surface area (TPSA) is 54.7 Å². The summed E-state index contributed by atoms with van der Waals surface area (Å²) in [5.74, 6) is 0. The molecule has 0 spiro atoms. The van der Waals surface area contributed by atoms with Crippen molar-refractivity contribution in [1.82, 2.24) is 9.97 Å². The van der Waals surface area contributed by atoms with E-state index in [0.29, 0.717) is 0 Å². The summed E-state index contributed by atoms with van der Waals surface area (Å²) in [5, 5.41) is 0. The number of pyridine rings is 1. The number of hydrogen-bond donors (Lipinski definition) is 2. The minimum absolute atomic E-state index is 0.0919. The fourth-order valence-corrected chi connectivity index (χ4v) is 1.40. The van der Waals surface area contributed by atoms with Gasteiger partial charge in [-0.25, -0.2) is 0 Å². The van der Waals surface area contributed by atoms with Crippen LogP contribution in [0, 0.1) is 0 Å². The Labute approximate surface area is 77.0 Å². The Hall–Kier alpha value is -1.35. The minimum Gasteiger partial charge on any atom is -0.356 e. The molecule has 0 saturated heterocycles. The highest BCUT2D eigenvalue weighted by Crippen LogP contribution is 2.18. The van der Waals surface area contributed by atoms with Gasteiger partial charge in [-0.05, 0) is 24.6 Å². The Kier molecular flexibility index (Phi) is 2.02. The highest BCUT2D eigenvalue weighted by molar-refractivity contribution is 5.75. The van der Waals surface area contributed by atoms with Crippen LogP contribution in [0.3, 0.4) is 0 Å². The van der Waals surface area contributed by atoms with Gasteiger partial charge in [-0.2, -0.15) is 0 Å². The highest BCUT2D eigenvalue weighted by atomic mass is 14.8. The van der Waals surface area contributed by atoms with Crippen molar-refractivity contribution < 1.29 is 0 Å². The molecular formula is C10H13N3. The molecule has 0 amide bonds. The van der Waals surface area contributed by atoms with Crippen LogP contribution in [0.4, 0.5) is 0 Å². The maximum absolute atomic E-state index is 5.90. The van der Waals surface area contributed by atoms with Crippen LogP contribution in [0.15, 0.2) is 24.4 Å². The third-order valence-corrected chi connectivity index (χ3v) is 2.25. The fourth-order valence-electron chi connectivity index (χ4n) is 1.40. The summed E-state index contributed by atoms with van der Waals surface area (Å²) in [5.41, 5.74) is 9.01. The molecule has 0 radical (unpaired) electrons. The zero-order valence-corrected chi connectivity index (χ0v) is 7.62. The highest BCUT2D eigenvalue weighted by Gasteiger charge is 2.06. The van der Waals surface area contributed by atoms with Gasteiger partial charge in [-0.15, -0.1) is 0 Å². The van der Waals surface area contributed by atoms with Gasteiger partial charge >= 0.3 is 0 Å². The number of H-pyrrole nitrogens is 1. The summed E-state index contributed by atoms with van der Waals surface area (Å²) < 4.78 is 0. The average Bonchev–Trinajstić information content (AvgIpc) is 2.59. The molecule has 2 heterocycles. The van der Waals surface area contributed by atoms with E-state index in [1.807, 2.05) is 18.2 Å². The molecule has 3 nitrogen and oxygen atoms in total. The van der Waals surface area contributed by atoms with Crippen LogP contribution in [0.5, 0.6) is 0 Å². The number of nitrogens with two attached hydrogens (primary N) is 1. The summed E-state index contributed by atoms with van der Waals surface area (Å²) >= 11 is 0. The van der Waals surface area contributed by atoms with Crippen molar-refractivity contribution in [2.45, 2.75) is 19.4 Å². The van der Waals surface area contributed by atoms with E-state index in [2.05, 4.69) is 16.9 Å². The lowest BCUT2D eigenvalue weighted by Gasteiger charge is -2.03. The second-order valence-electron chi connectivity index (χ2n) is 3.18. The van der Waals surface area contributed by atoms with E-state index in [-0.39, 0.29) is 6.04 Å². The van der Waals surface area contributed by atoms with Crippen molar-refractivity contribution in [3.05, 3.63) is 30.1 Å². The number of hydrogen-bond acceptors (Lipinski definition) is 2. The van der Waals surface area contributed by atoms with E-state index in [9.17, 15) is 0 Å². The molecule has 1 atom stereocenters. The molecule has 0 aromatic carbocycles. The lowest BCUT2D eigenvalue weighted by Crippen LogP contribution is -2.08. The first-order valence-corrected chi connectivity index (χ1v) is 4.50. The van der Waals surface area contributed by atoms with Crippen molar-refractivity contribution >= 4 is 11.0 Å². The molecule has 1 unspecified atom stereocenters. The van der Waals surface area contributed by atoms with Gasteiger partial charge in [0.05, 0.1) is 11.0 Å². The van der Waals surface area contributed by atoms with E-state index in [1.54, 1.807) is 6.20 Å². The molecule has 0 aliphatic rings. The fraction of sp³-hybridized carbons (Fsp3) is 0.300. The molecule has 0 saturated carbocycles. The first-order chi connectivity index (χ1) is 6.31. The summed E-state index contributed by atoms with van der Waals surface area (Å²) in [7, 11) is 0. The number of aromatic amines is 1. The van der Waals surface area contributed by atoms with Crippen molar-refractivity contribution in [3.8, 4) is 0 Å². The summed E-state index contributed by atoms with van der Waals surface area (Å²) in [6.07, 6.45) is 2.73. The first-order valence-electron chi connectivity index (χ1n) is 4.50. The number of nitrogens with one attached hydrogen (secondary N) is 1.